The molecule has 154 valence electrons. The largest absolute Gasteiger partial charge is 0.393 e. The van der Waals surface area contributed by atoms with E-state index in [0.29, 0.717) is 12.5 Å². The summed E-state index contributed by atoms with van der Waals surface area (Å²) in [6, 6.07) is 15.0. The Morgan fingerprint density at radius 3 is 2.55 bits per heavy atom. The summed E-state index contributed by atoms with van der Waals surface area (Å²) in [5.41, 5.74) is 12.6. The first-order valence-electron chi connectivity index (χ1n) is 10.8. The highest BCUT2D eigenvalue weighted by atomic mass is 16.3. The average molecular weight is 393 g/mol. The summed E-state index contributed by atoms with van der Waals surface area (Å²) in [5, 5.41) is 12.9. The van der Waals surface area contributed by atoms with E-state index in [-0.39, 0.29) is 6.10 Å². The van der Waals surface area contributed by atoms with Crippen LogP contribution in [-0.2, 0) is 25.9 Å². The van der Waals surface area contributed by atoms with Crippen LogP contribution in [0.4, 0.5) is 5.69 Å². The van der Waals surface area contributed by atoms with Crippen molar-refractivity contribution in [2.24, 2.45) is 10.7 Å². The molecule has 1 heterocycles. The van der Waals surface area contributed by atoms with Gasteiger partial charge in [-0.25, -0.2) is 4.99 Å². The Morgan fingerprint density at radius 1 is 1.03 bits per heavy atom. The predicted octanol–water partition coefficient (Wildman–Crippen LogP) is 3.45. The number of hydrogen-bond acceptors (Lipinski definition) is 3. The van der Waals surface area contributed by atoms with Crippen LogP contribution in [-0.4, -0.2) is 35.2 Å². The maximum Gasteiger partial charge on any atom is 0.193 e. The summed E-state index contributed by atoms with van der Waals surface area (Å²) in [7, 11) is 0. The summed E-state index contributed by atoms with van der Waals surface area (Å²) >= 11 is 0. The molecular weight excluding hydrogens is 360 g/mol. The van der Waals surface area contributed by atoms with Crippen LogP contribution in [0, 0.1) is 0 Å². The Labute approximate surface area is 173 Å². The lowest BCUT2D eigenvalue weighted by molar-refractivity contribution is 0.0792. The van der Waals surface area contributed by atoms with Crippen LogP contribution in [0.15, 0.2) is 47.5 Å². The molecule has 5 heteroatoms. The second kappa shape index (κ2) is 9.42. The van der Waals surface area contributed by atoms with Gasteiger partial charge in [0, 0.05) is 25.3 Å². The molecule has 0 aromatic heterocycles. The number of nitrogens with two attached hydrogens (primary N) is 1. The number of aliphatic hydroxyl groups excluding tert-OH is 1. The molecule has 1 aliphatic carbocycles. The Morgan fingerprint density at radius 2 is 1.76 bits per heavy atom. The molecule has 1 aliphatic heterocycles. The Bertz CT molecular complexity index is 838. The molecule has 0 saturated carbocycles. The topological polar surface area (TPSA) is 73.9 Å². The molecule has 4 rings (SSSR count). The number of anilines is 1. The molecule has 2 aromatic rings. The molecule has 0 spiro atoms. The normalized spacial score (nSPS) is 18.4. The van der Waals surface area contributed by atoms with Crippen LogP contribution < -0.4 is 11.1 Å². The van der Waals surface area contributed by atoms with Crippen molar-refractivity contribution >= 4 is 11.6 Å². The van der Waals surface area contributed by atoms with Crippen LogP contribution in [0.5, 0.6) is 0 Å². The molecule has 0 bridgehead atoms. The Hall–Kier alpha value is -2.37. The van der Waals surface area contributed by atoms with E-state index in [9.17, 15) is 5.11 Å². The van der Waals surface area contributed by atoms with Crippen molar-refractivity contribution in [1.82, 2.24) is 4.90 Å². The molecule has 5 nitrogen and oxygen atoms in total. The van der Waals surface area contributed by atoms with Crippen molar-refractivity contribution < 1.29 is 5.11 Å². The smallest absolute Gasteiger partial charge is 0.193 e. The van der Waals surface area contributed by atoms with Crippen molar-refractivity contribution in [1.29, 1.82) is 0 Å². The van der Waals surface area contributed by atoms with Gasteiger partial charge in [0.1, 0.15) is 0 Å². The van der Waals surface area contributed by atoms with E-state index in [1.807, 2.05) is 0 Å². The zero-order chi connectivity index (χ0) is 20.1. The lowest BCUT2D eigenvalue weighted by Crippen LogP contribution is -2.35. The number of aryl methyl sites for hydroxylation is 1. The van der Waals surface area contributed by atoms with Gasteiger partial charge in [0.15, 0.2) is 5.96 Å². The average Bonchev–Trinajstić information content (AvgIpc) is 2.75. The fraction of sp³-hybridized carbons (Fsp3) is 0.458. The standard InChI is InChI=1S/C24H32N4O/c25-24(27-23-7-3-5-20-4-1-2-6-22(20)23)26-16-18-8-10-19(11-9-18)17-28-14-12-21(29)13-15-28/h3,5,7-11,21,29H,1-2,4,6,12-17H2,(H3,25,26,27). The number of rotatable bonds is 5. The molecule has 2 aliphatic rings. The van der Waals surface area contributed by atoms with Gasteiger partial charge in [-0.3, -0.25) is 4.90 Å². The number of aliphatic imine (C=N–C) groups is 1. The highest BCUT2D eigenvalue weighted by Crippen LogP contribution is 2.27. The van der Waals surface area contributed by atoms with E-state index in [0.717, 1.165) is 56.6 Å². The number of benzene rings is 2. The van der Waals surface area contributed by atoms with E-state index in [1.165, 1.54) is 29.5 Å². The minimum atomic E-state index is -0.119. The number of nitrogens with zero attached hydrogens (tertiary/aromatic N) is 2. The number of guanidine groups is 1. The third-order valence-corrected chi connectivity index (χ3v) is 6.08. The van der Waals surface area contributed by atoms with Gasteiger partial charge in [0.25, 0.3) is 0 Å². The molecule has 4 N–H and O–H groups in total. The van der Waals surface area contributed by atoms with Gasteiger partial charge in [-0.05, 0) is 66.8 Å². The highest BCUT2D eigenvalue weighted by molar-refractivity contribution is 5.93. The molecule has 0 amide bonds. The summed E-state index contributed by atoms with van der Waals surface area (Å²) in [6.45, 7) is 3.46. The summed E-state index contributed by atoms with van der Waals surface area (Å²) in [4.78, 5) is 6.94. The van der Waals surface area contributed by atoms with Crippen LogP contribution >= 0.6 is 0 Å². The van der Waals surface area contributed by atoms with E-state index in [2.05, 4.69) is 57.7 Å². The lowest BCUT2D eigenvalue weighted by Gasteiger charge is -2.29. The van der Waals surface area contributed by atoms with Gasteiger partial charge in [0.2, 0.25) is 0 Å². The molecule has 0 radical (unpaired) electrons. The number of piperidine rings is 1. The number of fused-ring (bicyclic) bond motifs is 1. The third-order valence-electron chi connectivity index (χ3n) is 6.08. The van der Waals surface area contributed by atoms with E-state index in [1.54, 1.807) is 0 Å². The van der Waals surface area contributed by atoms with E-state index < -0.39 is 0 Å². The number of likely N-dealkylation sites (tertiary alicyclic amines) is 1. The van der Waals surface area contributed by atoms with Crippen molar-refractivity contribution in [2.75, 3.05) is 18.4 Å². The van der Waals surface area contributed by atoms with Crippen molar-refractivity contribution in [3.63, 3.8) is 0 Å². The highest BCUT2D eigenvalue weighted by Gasteiger charge is 2.17. The van der Waals surface area contributed by atoms with E-state index in [4.69, 9.17) is 5.73 Å². The second-order valence-corrected chi connectivity index (χ2v) is 8.30. The maximum atomic E-state index is 9.63. The van der Waals surface area contributed by atoms with Crippen molar-refractivity contribution in [2.45, 2.75) is 57.7 Å². The Balaban J connectivity index is 1.32. The van der Waals surface area contributed by atoms with Gasteiger partial charge in [-0.15, -0.1) is 0 Å². The van der Waals surface area contributed by atoms with Gasteiger partial charge in [0.05, 0.1) is 12.6 Å². The van der Waals surface area contributed by atoms with Gasteiger partial charge in [-0.1, -0.05) is 36.4 Å². The zero-order valence-electron chi connectivity index (χ0n) is 17.1. The first-order chi connectivity index (χ1) is 14.2. The molecule has 1 fully saturated rings. The van der Waals surface area contributed by atoms with Crippen LogP contribution in [0.2, 0.25) is 0 Å². The van der Waals surface area contributed by atoms with Gasteiger partial charge in [-0.2, -0.15) is 0 Å². The fourth-order valence-electron chi connectivity index (χ4n) is 4.34. The van der Waals surface area contributed by atoms with Crippen LogP contribution in [0.1, 0.15) is 47.9 Å². The first-order valence-corrected chi connectivity index (χ1v) is 10.8. The van der Waals surface area contributed by atoms with Crippen molar-refractivity contribution in [3.8, 4) is 0 Å². The minimum absolute atomic E-state index is 0.119. The predicted molar refractivity (Wildman–Crippen MR) is 119 cm³/mol. The zero-order valence-corrected chi connectivity index (χ0v) is 17.1. The molecule has 0 unspecified atom stereocenters. The fourth-order valence-corrected chi connectivity index (χ4v) is 4.34. The minimum Gasteiger partial charge on any atom is -0.393 e. The van der Waals surface area contributed by atoms with E-state index >= 15 is 0 Å². The van der Waals surface area contributed by atoms with Crippen LogP contribution in [0.3, 0.4) is 0 Å². The summed E-state index contributed by atoms with van der Waals surface area (Å²) in [5.74, 6) is 0.472. The van der Waals surface area contributed by atoms with Gasteiger partial charge < -0.3 is 16.2 Å². The molecule has 29 heavy (non-hydrogen) atoms. The maximum absolute atomic E-state index is 9.63. The Kier molecular flexibility index (Phi) is 6.47. The summed E-state index contributed by atoms with van der Waals surface area (Å²) in [6.07, 6.45) is 6.43. The number of hydrogen-bond donors (Lipinski definition) is 3. The lowest BCUT2D eigenvalue weighted by atomic mass is 9.90. The first kappa shape index (κ1) is 19.9. The summed E-state index contributed by atoms with van der Waals surface area (Å²) < 4.78 is 0. The number of aliphatic hydroxyl groups is 1. The SMILES string of the molecule is NC(=NCc1ccc(CN2CCC(O)CC2)cc1)Nc1cccc2c1CCCC2. The van der Waals surface area contributed by atoms with Crippen LogP contribution in [0.25, 0.3) is 0 Å². The molecule has 2 aromatic carbocycles. The molecule has 0 atom stereocenters. The number of nitrogens with one attached hydrogen (secondary N) is 1. The second-order valence-electron chi connectivity index (χ2n) is 8.30. The monoisotopic (exact) mass is 392 g/mol. The van der Waals surface area contributed by atoms with Gasteiger partial charge >= 0.3 is 0 Å². The van der Waals surface area contributed by atoms with Crippen molar-refractivity contribution in [3.05, 3.63) is 64.7 Å². The molecular formula is C24H32N4O. The molecule has 1 saturated heterocycles. The third kappa shape index (κ3) is 5.37. The quantitative estimate of drug-likeness (QED) is 0.538.